The van der Waals surface area contributed by atoms with E-state index in [1.165, 1.54) is 41.5 Å². The molecule has 5 nitrogen and oxygen atoms in total. The topological polar surface area (TPSA) is 58.3 Å². The summed E-state index contributed by atoms with van der Waals surface area (Å²) in [6, 6.07) is 11.2. The lowest BCUT2D eigenvalue weighted by Gasteiger charge is -2.60. The van der Waals surface area contributed by atoms with Crippen LogP contribution in [0, 0.1) is 5.41 Å². The zero-order chi connectivity index (χ0) is 17.7. The summed E-state index contributed by atoms with van der Waals surface area (Å²) in [5.41, 5.74) is 2.93. The number of hydrogen-bond donors (Lipinski definition) is 1. The molecule has 0 atom stereocenters. The molecule has 1 aromatic carbocycles. The Labute approximate surface area is 161 Å². The Kier molecular flexibility index (Phi) is 3.93. The Morgan fingerprint density at radius 1 is 1.23 bits per heavy atom. The van der Waals surface area contributed by atoms with Crippen LogP contribution < -0.4 is 10.0 Å². The first kappa shape index (κ1) is 16.5. The van der Waals surface area contributed by atoms with Crippen molar-refractivity contribution < 1.29 is 0 Å². The first-order valence-corrected chi connectivity index (χ1v) is 10.5. The van der Waals surface area contributed by atoms with E-state index in [0.717, 1.165) is 23.7 Å². The highest BCUT2D eigenvalue weighted by atomic mass is 32.2. The maximum absolute atomic E-state index is 5.69. The summed E-state index contributed by atoms with van der Waals surface area (Å²) in [6.45, 7) is 2.17. The van der Waals surface area contributed by atoms with Crippen molar-refractivity contribution in [2.24, 2.45) is 10.6 Å². The summed E-state index contributed by atoms with van der Waals surface area (Å²) in [6.07, 6.45) is 4.16. The minimum absolute atomic E-state index is 0.453. The smallest absolute Gasteiger partial charge is 0.141 e. The monoisotopic (exact) mass is 383 g/mol. The van der Waals surface area contributed by atoms with Crippen molar-refractivity contribution in [1.82, 2.24) is 14.3 Å². The van der Waals surface area contributed by atoms with E-state index in [2.05, 4.69) is 61.9 Å². The van der Waals surface area contributed by atoms with E-state index in [1.807, 2.05) is 0 Å². The van der Waals surface area contributed by atoms with Crippen LogP contribution in [0.2, 0.25) is 0 Å². The van der Waals surface area contributed by atoms with E-state index < -0.39 is 0 Å². The molecule has 0 bridgehead atoms. The number of anilines is 1. The zero-order valence-electron chi connectivity index (χ0n) is 14.6. The Balaban J connectivity index is 1.42. The molecular formula is C19H21N5S2. The number of aromatic nitrogens is 2. The molecule has 0 radical (unpaired) electrons. The minimum Gasteiger partial charge on any atom is -0.355 e. The van der Waals surface area contributed by atoms with Gasteiger partial charge in [0.25, 0.3) is 0 Å². The number of thiophene rings is 1. The van der Waals surface area contributed by atoms with E-state index in [1.54, 1.807) is 17.7 Å². The van der Waals surface area contributed by atoms with Crippen LogP contribution in [0.25, 0.3) is 21.3 Å². The van der Waals surface area contributed by atoms with Crippen molar-refractivity contribution >= 4 is 39.5 Å². The first-order chi connectivity index (χ1) is 12.7. The molecule has 5 rings (SSSR count). The number of benzene rings is 1. The van der Waals surface area contributed by atoms with Crippen LogP contribution in [0.4, 0.5) is 5.82 Å². The van der Waals surface area contributed by atoms with E-state index in [-0.39, 0.29) is 0 Å². The number of hydrogen-bond acceptors (Lipinski definition) is 7. The third-order valence-corrected chi connectivity index (χ3v) is 7.32. The highest BCUT2D eigenvalue weighted by Gasteiger charge is 2.54. The van der Waals surface area contributed by atoms with Crippen molar-refractivity contribution in [2.45, 2.75) is 18.9 Å². The normalized spacial score (nSPS) is 19.1. The molecule has 2 N–H and O–H groups in total. The second-order valence-corrected chi connectivity index (χ2v) is 9.11. The van der Waals surface area contributed by atoms with Gasteiger partial charge >= 0.3 is 0 Å². The number of nitrogens with two attached hydrogens (primary N) is 1. The Morgan fingerprint density at radius 2 is 2.00 bits per heavy atom. The Bertz CT molecular complexity index is 928. The average molecular weight is 384 g/mol. The SMILES string of the molecule is CN(SN)C1CC2(C1)CN(c1ncnc3scc(-c4ccccc4)c13)C2. The van der Waals surface area contributed by atoms with Crippen LogP contribution in [-0.4, -0.2) is 40.5 Å². The summed E-state index contributed by atoms with van der Waals surface area (Å²) >= 11 is 3.05. The van der Waals surface area contributed by atoms with Gasteiger partial charge < -0.3 is 4.90 Å². The molecule has 1 aliphatic carbocycles. The zero-order valence-corrected chi connectivity index (χ0v) is 16.3. The molecule has 3 aromatic rings. The van der Waals surface area contributed by atoms with Crippen molar-refractivity contribution in [2.75, 3.05) is 25.0 Å². The van der Waals surface area contributed by atoms with E-state index in [0.29, 0.717) is 11.5 Å². The van der Waals surface area contributed by atoms with Gasteiger partial charge in [0, 0.05) is 47.6 Å². The molecule has 0 amide bonds. The van der Waals surface area contributed by atoms with Crippen molar-refractivity contribution in [3.8, 4) is 11.1 Å². The summed E-state index contributed by atoms with van der Waals surface area (Å²) in [5.74, 6) is 1.09. The summed E-state index contributed by atoms with van der Waals surface area (Å²) in [5, 5.41) is 9.09. The number of fused-ring (bicyclic) bond motifs is 1. The van der Waals surface area contributed by atoms with Crippen molar-refractivity contribution in [1.29, 1.82) is 0 Å². The Morgan fingerprint density at radius 3 is 2.73 bits per heavy atom. The van der Waals surface area contributed by atoms with E-state index in [4.69, 9.17) is 5.14 Å². The van der Waals surface area contributed by atoms with Crippen LogP contribution in [0.5, 0.6) is 0 Å². The fourth-order valence-electron chi connectivity index (χ4n) is 4.38. The van der Waals surface area contributed by atoms with Crippen LogP contribution >= 0.6 is 23.5 Å². The molecule has 1 saturated carbocycles. The van der Waals surface area contributed by atoms with Gasteiger partial charge in [-0.15, -0.1) is 11.3 Å². The minimum atomic E-state index is 0.453. The van der Waals surface area contributed by atoms with E-state index >= 15 is 0 Å². The molecule has 2 aromatic heterocycles. The number of nitrogens with zero attached hydrogens (tertiary/aromatic N) is 4. The molecule has 134 valence electrons. The molecule has 7 heteroatoms. The lowest BCUT2D eigenvalue weighted by atomic mass is 9.60. The lowest BCUT2D eigenvalue weighted by molar-refractivity contribution is 0.0240. The van der Waals surface area contributed by atoms with Gasteiger partial charge in [0.05, 0.1) is 5.39 Å². The second kappa shape index (κ2) is 6.20. The molecular weight excluding hydrogens is 362 g/mol. The van der Waals surface area contributed by atoms with Crippen LogP contribution in [-0.2, 0) is 0 Å². The third-order valence-electron chi connectivity index (χ3n) is 5.80. The molecule has 1 aliphatic heterocycles. The van der Waals surface area contributed by atoms with E-state index in [9.17, 15) is 0 Å². The van der Waals surface area contributed by atoms with Crippen LogP contribution in [0.3, 0.4) is 0 Å². The second-order valence-electron chi connectivity index (χ2n) is 7.46. The third kappa shape index (κ3) is 2.53. The maximum atomic E-state index is 5.69. The average Bonchev–Trinajstić information content (AvgIpc) is 3.04. The molecule has 1 saturated heterocycles. The van der Waals surface area contributed by atoms with Gasteiger partial charge in [0.1, 0.15) is 17.0 Å². The quantitative estimate of drug-likeness (QED) is 0.692. The summed E-state index contributed by atoms with van der Waals surface area (Å²) in [7, 11) is 2.09. The lowest BCUT2D eigenvalue weighted by Crippen LogP contribution is -2.66. The molecule has 3 heterocycles. The predicted molar refractivity (Wildman–Crippen MR) is 110 cm³/mol. The van der Waals surface area contributed by atoms with Crippen molar-refractivity contribution in [3.63, 3.8) is 0 Å². The van der Waals surface area contributed by atoms with Gasteiger partial charge in [-0.3, -0.25) is 5.14 Å². The summed E-state index contributed by atoms with van der Waals surface area (Å²) < 4.78 is 2.18. The fourth-order valence-corrected chi connectivity index (χ4v) is 5.62. The van der Waals surface area contributed by atoms with Crippen LogP contribution in [0.15, 0.2) is 42.0 Å². The molecule has 0 unspecified atom stereocenters. The van der Waals surface area contributed by atoms with Gasteiger partial charge in [-0.2, -0.15) is 0 Å². The Hall–Kier alpha value is -1.67. The van der Waals surface area contributed by atoms with Gasteiger partial charge in [-0.1, -0.05) is 30.3 Å². The highest BCUT2D eigenvalue weighted by Crippen LogP contribution is 2.52. The first-order valence-electron chi connectivity index (χ1n) is 8.81. The predicted octanol–water partition coefficient (Wildman–Crippen LogP) is 3.78. The fraction of sp³-hybridized carbons (Fsp3) is 0.368. The molecule has 1 spiro atoms. The standard InChI is InChI=1S/C19H21N5S2/c1-23(26-20)14-7-19(8-14)10-24(11-19)17-16-15(13-5-3-2-4-6-13)9-25-18(16)22-12-21-17/h2-6,9,12,14H,7-8,10-11,20H2,1H3. The van der Waals surface area contributed by atoms with Gasteiger partial charge in [0.15, 0.2) is 0 Å². The molecule has 26 heavy (non-hydrogen) atoms. The number of rotatable bonds is 4. The van der Waals surface area contributed by atoms with Gasteiger partial charge in [0.2, 0.25) is 0 Å². The van der Waals surface area contributed by atoms with Crippen molar-refractivity contribution in [3.05, 3.63) is 42.0 Å². The largest absolute Gasteiger partial charge is 0.355 e. The maximum Gasteiger partial charge on any atom is 0.141 e. The molecule has 2 fully saturated rings. The van der Waals surface area contributed by atoms with Gasteiger partial charge in [-0.25, -0.2) is 14.3 Å². The van der Waals surface area contributed by atoms with Crippen LogP contribution in [0.1, 0.15) is 12.8 Å². The molecule has 2 aliphatic rings. The van der Waals surface area contributed by atoms with Gasteiger partial charge in [-0.05, 0) is 25.5 Å². The summed E-state index contributed by atoms with van der Waals surface area (Å²) in [4.78, 5) is 12.7. The highest BCUT2D eigenvalue weighted by molar-refractivity contribution is 7.94.